The third kappa shape index (κ3) is 2.81. The number of carbonyl (C=O) groups excluding carboxylic acids is 1. The summed E-state index contributed by atoms with van der Waals surface area (Å²) in [6.07, 6.45) is 6.29. The van der Waals surface area contributed by atoms with Crippen molar-refractivity contribution in [2.45, 2.75) is 31.2 Å². The van der Waals surface area contributed by atoms with E-state index in [4.69, 9.17) is 0 Å². The molecule has 0 aliphatic heterocycles. The van der Waals surface area contributed by atoms with Gasteiger partial charge in [-0.2, -0.15) is 0 Å². The molecule has 0 spiro atoms. The first-order valence-electron chi connectivity index (χ1n) is 8.40. The van der Waals surface area contributed by atoms with Crippen LogP contribution in [0.25, 0.3) is 0 Å². The van der Waals surface area contributed by atoms with Gasteiger partial charge in [-0.3, -0.25) is 4.79 Å². The first-order chi connectivity index (χ1) is 11.3. The second-order valence-electron chi connectivity index (χ2n) is 6.63. The van der Waals surface area contributed by atoms with E-state index in [9.17, 15) is 4.79 Å². The number of fused-ring (bicyclic) bond motifs is 5. The maximum atomic E-state index is 12.0. The van der Waals surface area contributed by atoms with E-state index in [0.717, 1.165) is 5.56 Å². The van der Waals surface area contributed by atoms with Crippen molar-refractivity contribution in [3.63, 3.8) is 0 Å². The average Bonchev–Trinajstić information content (AvgIpc) is 3.18. The molecule has 2 aromatic rings. The van der Waals surface area contributed by atoms with Crippen LogP contribution in [0.4, 0.5) is 0 Å². The van der Waals surface area contributed by atoms with Crippen molar-refractivity contribution >= 4 is 5.91 Å². The van der Waals surface area contributed by atoms with Crippen LogP contribution in [0.5, 0.6) is 0 Å². The van der Waals surface area contributed by atoms with Gasteiger partial charge in [0.25, 0.3) is 0 Å². The molecule has 1 N–H and O–H groups in total. The molecule has 1 amide bonds. The quantitative estimate of drug-likeness (QED) is 0.845. The summed E-state index contributed by atoms with van der Waals surface area (Å²) in [6, 6.07) is 18.8. The molecule has 2 heteroatoms. The first-order valence-corrected chi connectivity index (χ1v) is 8.40. The highest BCUT2D eigenvalue weighted by Gasteiger charge is 2.42. The van der Waals surface area contributed by atoms with E-state index < -0.39 is 0 Å². The van der Waals surface area contributed by atoms with Gasteiger partial charge in [-0.05, 0) is 53.4 Å². The van der Waals surface area contributed by atoms with Crippen LogP contribution in [-0.4, -0.2) is 5.91 Å². The van der Waals surface area contributed by atoms with E-state index in [1.54, 1.807) is 6.08 Å². The number of hydrogen-bond donors (Lipinski definition) is 1. The van der Waals surface area contributed by atoms with Crippen LogP contribution in [0.3, 0.4) is 0 Å². The standard InChI is InChI=1S/C21H21NO/c23-21(22-14-15-6-2-1-3-7-15)11-10-16-12-17-13-20(16)19-9-5-4-8-18(17)19/h1-11,16-17,20H,12-14H2,(H,22,23)/b11-10+. The van der Waals surface area contributed by atoms with E-state index in [0.29, 0.717) is 24.3 Å². The molecular formula is C21H21NO. The monoisotopic (exact) mass is 303 g/mol. The number of rotatable bonds is 4. The van der Waals surface area contributed by atoms with Gasteiger partial charge in [0.2, 0.25) is 5.91 Å². The van der Waals surface area contributed by atoms with Gasteiger partial charge in [-0.1, -0.05) is 60.7 Å². The maximum Gasteiger partial charge on any atom is 0.243 e. The van der Waals surface area contributed by atoms with E-state index in [-0.39, 0.29) is 5.91 Å². The highest BCUT2D eigenvalue weighted by molar-refractivity contribution is 5.87. The Morgan fingerprint density at radius 1 is 1.00 bits per heavy atom. The Morgan fingerprint density at radius 3 is 2.57 bits per heavy atom. The van der Waals surface area contributed by atoms with Gasteiger partial charge in [-0.25, -0.2) is 0 Å². The van der Waals surface area contributed by atoms with Gasteiger partial charge >= 0.3 is 0 Å². The summed E-state index contributed by atoms with van der Waals surface area (Å²) in [6.45, 7) is 0.587. The summed E-state index contributed by atoms with van der Waals surface area (Å²) in [7, 11) is 0. The zero-order chi connectivity index (χ0) is 15.6. The lowest BCUT2D eigenvalue weighted by molar-refractivity contribution is -0.116. The van der Waals surface area contributed by atoms with Gasteiger partial charge in [-0.15, -0.1) is 0 Å². The summed E-state index contributed by atoms with van der Waals surface area (Å²) in [4.78, 5) is 12.0. The molecule has 2 aromatic carbocycles. The summed E-state index contributed by atoms with van der Waals surface area (Å²) in [5.74, 6) is 1.81. The van der Waals surface area contributed by atoms with Crippen molar-refractivity contribution in [3.05, 3.63) is 83.4 Å². The third-order valence-corrected chi connectivity index (χ3v) is 5.25. The highest BCUT2D eigenvalue weighted by atomic mass is 16.1. The molecule has 2 aliphatic carbocycles. The molecule has 2 nitrogen and oxygen atoms in total. The van der Waals surface area contributed by atoms with Crippen molar-refractivity contribution < 1.29 is 4.79 Å². The van der Waals surface area contributed by atoms with Crippen LogP contribution < -0.4 is 5.32 Å². The lowest BCUT2D eigenvalue weighted by Gasteiger charge is -2.21. The van der Waals surface area contributed by atoms with Gasteiger partial charge in [0.1, 0.15) is 0 Å². The summed E-state index contributed by atoms with van der Waals surface area (Å²) in [5, 5.41) is 2.96. The van der Waals surface area contributed by atoms with Crippen molar-refractivity contribution in [2.24, 2.45) is 5.92 Å². The first kappa shape index (κ1) is 14.3. The van der Waals surface area contributed by atoms with Crippen molar-refractivity contribution in [2.75, 3.05) is 0 Å². The Morgan fingerprint density at radius 2 is 1.74 bits per heavy atom. The molecular weight excluding hydrogens is 282 g/mol. The molecule has 0 heterocycles. The number of benzene rings is 2. The fourth-order valence-corrected chi connectivity index (χ4v) is 4.17. The van der Waals surface area contributed by atoms with Crippen LogP contribution in [0.1, 0.15) is 41.4 Å². The van der Waals surface area contributed by atoms with Gasteiger partial charge in [0.15, 0.2) is 0 Å². The van der Waals surface area contributed by atoms with Crippen LogP contribution in [0.2, 0.25) is 0 Å². The molecule has 1 saturated carbocycles. The molecule has 3 unspecified atom stereocenters. The van der Waals surface area contributed by atoms with Gasteiger partial charge in [0.05, 0.1) is 0 Å². The number of amides is 1. The summed E-state index contributed by atoms with van der Waals surface area (Å²) in [5.41, 5.74) is 4.17. The predicted molar refractivity (Wildman–Crippen MR) is 92.1 cm³/mol. The molecule has 0 aromatic heterocycles. The second kappa shape index (κ2) is 6.04. The van der Waals surface area contributed by atoms with E-state index in [2.05, 4.69) is 35.7 Å². The second-order valence-corrected chi connectivity index (χ2v) is 6.63. The molecule has 1 fully saturated rings. The van der Waals surface area contributed by atoms with E-state index in [1.165, 1.54) is 24.0 Å². The minimum atomic E-state index is 0.00455. The fourth-order valence-electron chi connectivity index (χ4n) is 4.17. The topological polar surface area (TPSA) is 29.1 Å². The predicted octanol–water partition coefficient (Wildman–Crippen LogP) is 4.15. The number of carbonyl (C=O) groups is 1. The SMILES string of the molecule is O=C(/C=C/C1CC2CC1c1ccccc12)NCc1ccccc1. The zero-order valence-corrected chi connectivity index (χ0v) is 13.1. The average molecular weight is 303 g/mol. The van der Waals surface area contributed by atoms with Crippen molar-refractivity contribution in [1.29, 1.82) is 0 Å². The van der Waals surface area contributed by atoms with Crippen LogP contribution in [0, 0.1) is 5.92 Å². The Kier molecular flexibility index (Phi) is 3.74. The Hall–Kier alpha value is -2.35. The Labute approximate surface area is 137 Å². The van der Waals surface area contributed by atoms with Crippen LogP contribution >= 0.6 is 0 Å². The lowest BCUT2D eigenvalue weighted by Crippen LogP contribution is -2.20. The molecule has 0 saturated heterocycles. The molecule has 2 bridgehead atoms. The third-order valence-electron chi connectivity index (χ3n) is 5.25. The Bertz CT molecular complexity index is 735. The highest BCUT2D eigenvalue weighted by Crippen LogP contribution is 2.56. The molecule has 3 atom stereocenters. The normalized spacial score (nSPS) is 24.8. The zero-order valence-electron chi connectivity index (χ0n) is 13.1. The Balaban J connectivity index is 1.36. The number of allylic oxidation sites excluding steroid dienone is 1. The van der Waals surface area contributed by atoms with Crippen LogP contribution in [-0.2, 0) is 11.3 Å². The van der Waals surface area contributed by atoms with Gasteiger partial charge < -0.3 is 5.32 Å². The minimum absolute atomic E-state index is 0.00455. The van der Waals surface area contributed by atoms with Crippen molar-refractivity contribution in [3.8, 4) is 0 Å². The number of nitrogens with one attached hydrogen (secondary N) is 1. The maximum absolute atomic E-state index is 12.0. The minimum Gasteiger partial charge on any atom is -0.348 e. The lowest BCUT2D eigenvalue weighted by atomic mass is 9.83. The molecule has 0 radical (unpaired) electrons. The van der Waals surface area contributed by atoms with Crippen LogP contribution in [0.15, 0.2) is 66.7 Å². The summed E-state index contributed by atoms with van der Waals surface area (Å²) < 4.78 is 0. The molecule has 116 valence electrons. The van der Waals surface area contributed by atoms with E-state index in [1.807, 2.05) is 30.3 Å². The smallest absolute Gasteiger partial charge is 0.243 e. The van der Waals surface area contributed by atoms with E-state index >= 15 is 0 Å². The molecule has 2 aliphatic rings. The fraction of sp³-hybridized carbons (Fsp3) is 0.286. The largest absolute Gasteiger partial charge is 0.348 e. The molecule has 4 rings (SSSR count). The summed E-state index contributed by atoms with van der Waals surface area (Å²) >= 11 is 0. The van der Waals surface area contributed by atoms with Crippen molar-refractivity contribution in [1.82, 2.24) is 5.32 Å². The van der Waals surface area contributed by atoms with Gasteiger partial charge in [0, 0.05) is 6.54 Å². The number of hydrogen-bond acceptors (Lipinski definition) is 1. The molecule has 23 heavy (non-hydrogen) atoms.